The topological polar surface area (TPSA) is 82.0 Å². The van der Waals surface area contributed by atoms with Gasteiger partial charge in [0.1, 0.15) is 0 Å². The molecule has 2 aliphatic rings. The molecule has 0 aromatic heterocycles. The van der Waals surface area contributed by atoms with Gasteiger partial charge < -0.3 is 15.3 Å². The van der Waals surface area contributed by atoms with Crippen LogP contribution in [0.25, 0.3) is 0 Å². The summed E-state index contributed by atoms with van der Waals surface area (Å²) >= 11 is 1.53. The van der Waals surface area contributed by atoms with Crippen molar-refractivity contribution in [2.45, 2.75) is 6.42 Å². The van der Waals surface area contributed by atoms with Crippen molar-refractivity contribution in [1.29, 1.82) is 0 Å². The van der Waals surface area contributed by atoms with Gasteiger partial charge in [-0.1, -0.05) is 17.8 Å². The highest BCUT2D eigenvalue weighted by molar-refractivity contribution is 8.16. The highest BCUT2D eigenvalue weighted by Crippen LogP contribution is 2.30. The Hall–Kier alpha value is -2.28. The number of nitrogens with zero attached hydrogens (tertiary/aromatic N) is 2. The van der Waals surface area contributed by atoms with Crippen molar-refractivity contribution >= 4 is 34.5 Å². The van der Waals surface area contributed by atoms with Crippen LogP contribution in [-0.4, -0.2) is 40.1 Å². The molecule has 0 saturated heterocycles. The van der Waals surface area contributed by atoms with Crippen LogP contribution < -0.4 is 5.32 Å². The van der Waals surface area contributed by atoms with E-state index < -0.39 is 5.97 Å². The fourth-order valence-corrected chi connectivity index (χ4v) is 3.17. The first-order valence-electron chi connectivity index (χ1n) is 6.44. The summed E-state index contributed by atoms with van der Waals surface area (Å²) in [4.78, 5) is 29.3. The van der Waals surface area contributed by atoms with Crippen LogP contribution in [0.3, 0.4) is 0 Å². The fourth-order valence-electron chi connectivity index (χ4n) is 2.22. The van der Waals surface area contributed by atoms with Crippen molar-refractivity contribution in [2.24, 2.45) is 4.99 Å². The Morgan fingerprint density at radius 1 is 1.43 bits per heavy atom. The maximum Gasteiger partial charge on any atom is 0.335 e. The SMILES string of the molecule is O=C(CC1=CSC2=NCCN12)Nc1cccc(C(=O)O)c1. The number of carboxylic acids is 1. The molecule has 1 aromatic rings. The number of hydrogen-bond donors (Lipinski definition) is 2. The second kappa shape index (κ2) is 5.61. The lowest BCUT2D eigenvalue weighted by Gasteiger charge is -2.16. The molecule has 21 heavy (non-hydrogen) atoms. The Bertz CT molecular complexity index is 669. The number of amides is 1. The summed E-state index contributed by atoms with van der Waals surface area (Å²) in [5.74, 6) is -1.18. The number of carbonyl (C=O) groups is 2. The van der Waals surface area contributed by atoms with E-state index in [9.17, 15) is 9.59 Å². The zero-order chi connectivity index (χ0) is 14.8. The Morgan fingerprint density at radius 3 is 3.10 bits per heavy atom. The number of carbonyl (C=O) groups excluding carboxylic acids is 1. The van der Waals surface area contributed by atoms with E-state index in [0.29, 0.717) is 5.69 Å². The van der Waals surface area contributed by atoms with Crippen LogP contribution in [0.2, 0.25) is 0 Å². The molecule has 1 aromatic carbocycles. The zero-order valence-electron chi connectivity index (χ0n) is 11.1. The third-order valence-electron chi connectivity index (χ3n) is 3.18. The second-order valence-electron chi connectivity index (χ2n) is 4.65. The van der Waals surface area contributed by atoms with Gasteiger partial charge >= 0.3 is 5.97 Å². The Kier molecular flexibility index (Phi) is 3.66. The molecule has 7 heteroatoms. The van der Waals surface area contributed by atoms with Crippen LogP contribution in [0.1, 0.15) is 16.8 Å². The van der Waals surface area contributed by atoms with Gasteiger partial charge in [-0.2, -0.15) is 0 Å². The standard InChI is InChI=1S/C14H13N3O3S/c18-12(7-11-8-21-14-15-4-5-17(11)14)16-10-3-1-2-9(6-10)13(19)20/h1-3,6,8H,4-5,7H2,(H,16,18)(H,19,20). The Balaban J connectivity index is 1.63. The maximum atomic E-state index is 12.1. The molecule has 0 aliphatic carbocycles. The van der Waals surface area contributed by atoms with E-state index in [2.05, 4.69) is 10.3 Å². The fraction of sp³-hybridized carbons (Fsp3) is 0.214. The van der Waals surface area contributed by atoms with Crippen LogP contribution in [0.4, 0.5) is 5.69 Å². The number of rotatable bonds is 4. The number of hydrogen-bond acceptors (Lipinski definition) is 5. The van der Waals surface area contributed by atoms with E-state index in [1.807, 2.05) is 10.3 Å². The summed E-state index contributed by atoms with van der Waals surface area (Å²) in [6.45, 7) is 1.58. The molecule has 0 fully saturated rings. The molecule has 2 N–H and O–H groups in total. The van der Waals surface area contributed by atoms with Crippen molar-refractivity contribution < 1.29 is 14.7 Å². The molecule has 0 spiro atoms. The van der Waals surface area contributed by atoms with Gasteiger partial charge in [0.15, 0.2) is 5.17 Å². The first-order chi connectivity index (χ1) is 10.1. The summed E-state index contributed by atoms with van der Waals surface area (Å²) in [6, 6.07) is 6.21. The number of aliphatic imine (C=N–C) groups is 1. The molecule has 6 nitrogen and oxygen atoms in total. The first-order valence-corrected chi connectivity index (χ1v) is 7.32. The van der Waals surface area contributed by atoms with E-state index in [1.54, 1.807) is 12.1 Å². The quantitative estimate of drug-likeness (QED) is 0.888. The molecule has 0 saturated carbocycles. The van der Waals surface area contributed by atoms with Crippen LogP contribution >= 0.6 is 11.8 Å². The third-order valence-corrected chi connectivity index (χ3v) is 4.13. The van der Waals surface area contributed by atoms with Crippen molar-refractivity contribution in [3.8, 4) is 0 Å². The predicted octanol–water partition coefficient (Wildman–Crippen LogP) is 1.97. The number of amidine groups is 1. The normalized spacial score (nSPS) is 16.3. The van der Waals surface area contributed by atoms with E-state index in [4.69, 9.17) is 5.11 Å². The highest BCUT2D eigenvalue weighted by Gasteiger charge is 2.27. The largest absolute Gasteiger partial charge is 0.478 e. The van der Waals surface area contributed by atoms with Gasteiger partial charge in [-0.3, -0.25) is 9.79 Å². The van der Waals surface area contributed by atoms with Crippen molar-refractivity contribution in [1.82, 2.24) is 4.90 Å². The minimum atomic E-state index is -1.01. The number of thioether (sulfide) groups is 1. The molecule has 2 aliphatic heterocycles. The van der Waals surface area contributed by atoms with Gasteiger partial charge in [-0.05, 0) is 23.6 Å². The molecule has 108 valence electrons. The molecule has 0 atom stereocenters. The zero-order valence-corrected chi connectivity index (χ0v) is 11.9. The van der Waals surface area contributed by atoms with E-state index in [0.717, 1.165) is 24.0 Å². The van der Waals surface area contributed by atoms with Gasteiger partial charge in [-0.15, -0.1) is 0 Å². The van der Waals surface area contributed by atoms with Crippen LogP contribution in [0, 0.1) is 0 Å². The van der Waals surface area contributed by atoms with Gasteiger partial charge in [0.05, 0.1) is 18.5 Å². The molecule has 0 bridgehead atoms. The number of carboxylic acid groups (broad SMARTS) is 1. The molecule has 1 amide bonds. The second-order valence-corrected chi connectivity index (χ2v) is 5.49. The third kappa shape index (κ3) is 2.92. The molecule has 2 heterocycles. The average Bonchev–Trinajstić information content (AvgIpc) is 3.04. The van der Waals surface area contributed by atoms with E-state index >= 15 is 0 Å². The summed E-state index contributed by atoms with van der Waals surface area (Å²) in [5.41, 5.74) is 1.57. The smallest absolute Gasteiger partial charge is 0.335 e. The van der Waals surface area contributed by atoms with E-state index in [-0.39, 0.29) is 17.9 Å². The van der Waals surface area contributed by atoms with Crippen LogP contribution in [0.15, 0.2) is 40.4 Å². The van der Waals surface area contributed by atoms with Crippen LogP contribution in [0.5, 0.6) is 0 Å². The molecular weight excluding hydrogens is 290 g/mol. The number of benzene rings is 1. The van der Waals surface area contributed by atoms with Crippen LogP contribution in [-0.2, 0) is 4.79 Å². The minimum absolute atomic E-state index is 0.150. The van der Waals surface area contributed by atoms with Crippen molar-refractivity contribution in [3.63, 3.8) is 0 Å². The average molecular weight is 303 g/mol. The molecule has 0 radical (unpaired) electrons. The maximum absolute atomic E-state index is 12.1. The van der Waals surface area contributed by atoms with Gasteiger partial charge in [0.2, 0.25) is 5.91 Å². The molecule has 3 rings (SSSR count). The lowest BCUT2D eigenvalue weighted by molar-refractivity contribution is -0.115. The highest BCUT2D eigenvalue weighted by atomic mass is 32.2. The summed E-state index contributed by atoms with van der Waals surface area (Å²) in [6.07, 6.45) is 0.253. The summed E-state index contributed by atoms with van der Waals surface area (Å²) in [5, 5.41) is 14.5. The van der Waals surface area contributed by atoms with E-state index in [1.165, 1.54) is 23.9 Å². The Labute approximate surface area is 125 Å². The lowest BCUT2D eigenvalue weighted by Crippen LogP contribution is -2.24. The van der Waals surface area contributed by atoms with Crippen molar-refractivity contribution in [2.75, 3.05) is 18.4 Å². The minimum Gasteiger partial charge on any atom is -0.478 e. The number of anilines is 1. The number of nitrogens with one attached hydrogen (secondary N) is 1. The monoisotopic (exact) mass is 303 g/mol. The summed E-state index contributed by atoms with van der Waals surface area (Å²) < 4.78 is 0. The van der Waals surface area contributed by atoms with Gasteiger partial charge in [-0.25, -0.2) is 4.79 Å². The van der Waals surface area contributed by atoms with Gasteiger partial charge in [0.25, 0.3) is 0 Å². The molecule has 0 unspecified atom stereocenters. The number of aromatic carboxylic acids is 1. The van der Waals surface area contributed by atoms with Gasteiger partial charge in [0, 0.05) is 17.9 Å². The van der Waals surface area contributed by atoms with Crippen molar-refractivity contribution in [3.05, 3.63) is 40.9 Å². The predicted molar refractivity (Wildman–Crippen MR) is 81.3 cm³/mol. The number of fused-ring (bicyclic) bond motifs is 1. The summed E-state index contributed by atoms with van der Waals surface area (Å²) in [7, 11) is 0. The Morgan fingerprint density at radius 2 is 2.29 bits per heavy atom. The molecular formula is C14H13N3O3S. The lowest BCUT2D eigenvalue weighted by atomic mass is 10.2. The first kappa shape index (κ1) is 13.7.